The second-order valence-electron chi connectivity index (χ2n) is 2.54. The van der Waals surface area contributed by atoms with Crippen LogP contribution in [0.2, 0.25) is 0 Å². The van der Waals surface area contributed by atoms with Crippen LogP contribution in [0, 0.1) is 0 Å². The van der Waals surface area contributed by atoms with Crippen molar-refractivity contribution >= 4 is 15.9 Å². The van der Waals surface area contributed by atoms with E-state index in [0.717, 1.165) is 10.0 Å². The summed E-state index contributed by atoms with van der Waals surface area (Å²) in [5.41, 5.74) is 0.798. The average Bonchev–Trinajstić information content (AvgIpc) is 2.03. The Bertz CT molecular complexity index is 271. The third kappa shape index (κ3) is 1.79. The first-order chi connectivity index (χ1) is 5.66. The molecular formula is C9H11BrO2. The number of para-hydroxylation sites is 1. The number of methoxy groups -OCH3 is 1. The zero-order valence-corrected chi connectivity index (χ0v) is 8.63. The molecule has 0 saturated carbocycles. The summed E-state index contributed by atoms with van der Waals surface area (Å²) in [6.45, 7) is 1.71. The minimum atomic E-state index is -0.502. The molecule has 0 unspecified atom stereocenters. The van der Waals surface area contributed by atoms with Gasteiger partial charge in [-0.3, -0.25) is 0 Å². The van der Waals surface area contributed by atoms with Gasteiger partial charge in [-0.2, -0.15) is 0 Å². The molecule has 0 aliphatic heterocycles. The predicted octanol–water partition coefficient (Wildman–Crippen LogP) is 2.51. The number of benzene rings is 1. The number of aliphatic hydroxyl groups is 1. The van der Waals surface area contributed by atoms with Gasteiger partial charge < -0.3 is 9.84 Å². The Morgan fingerprint density at radius 3 is 2.58 bits per heavy atom. The lowest BCUT2D eigenvalue weighted by Crippen LogP contribution is -1.96. The lowest BCUT2D eigenvalue weighted by molar-refractivity contribution is 0.194. The van der Waals surface area contributed by atoms with Crippen molar-refractivity contribution in [3.8, 4) is 5.75 Å². The van der Waals surface area contributed by atoms with Gasteiger partial charge in [0, 0.05) is 5.56 Å². The van der Waals surface area contributed by atoms with Gasteiger partial charge in [0.2, 0.25) is 0 Å². The topological polar surface area (TPSA) is 29.5 Å². The van der Waals surface area contributed by atoms with E-state index in [4.69, 9.17) is 4.74 Å². The normalized spacial score (nSPS) is 12.7. The fraction of sp³-hybridized carbons (Fsp3) is 0.333. The number of hydrogen-bond donors (Lipinski definition) is 1. The minimum Gasteiger partial charge on any atom is -0.495 e. The van der Waals surface area contributed by atoms with Crippen LogP contribution in [0.5, 0.6) is 5.75 Å². The average molecular weight is 231 g/mol. The monoisotopic (exact) mass is 230 g/mol. The first-order valence-corrected chi connectivity index (χ1v) is 4.46. The number of rotatable bonds is 2. The van der Waals surface area contributed by atoms with Crippen LogP contribution in [0.25, 0.3) is 0 Å². The van der Waals surface area contributed by atoms with Gasteiger partial charge in [0.1, 0.15) is 5.75 Å². The van der Waals surface area contributed by atoms with Crippen LogP contribution in [0.15, 0.2) is 22.7 Å². The van der Waals surface area contributed by atoms with Gasteiger partial charge in [-0.15, -0.1) is 0 Å². The Hall–Kier alpha value is -0.540. The van der Waals surface area contributed by atoms with Gasteiger partial charge in [0.15, 0.2) is 0 Å². The highest BCUT2D eigenvalue weighted by atomic mass is 79.9. The quantitative estimate of drug-likeness (QED) is 0.847. The van der Waals surface area contributed by atoms with Crippen LogP contribution in [0.3, 0.4) is 0 Å². The summed E-state index contributed by atoms with van der Waals surface area (Å²) in [4.78, 5) is 0. The maximum absolute atomic E-state index is 9.36. The molecule has 3 heteroatoms. The van der Waals surface area contributed by atoms with Crippen molar-refractivity contribution in [1.29, 1.82) is 0 Å². The Kier molecular flexibility index (Phi) is 3.12. The SMILES string of the molecule is COc1c(Br)cccc1[C@@H](C)O. The third-order valence-electron chi connectivity index (χ3n) is 1.65. The molecule has 0 heterocycles. The molecule has 0 fully saturated rings. The molecule has 66 valence electrons. The highest BCUT2D eigenvalue weighted by molar-refractivity contribution is 9.10. The van der Waals surface area contributed by atoms with Crippen molar-refractivity contribution in [2.45, 2.75) is 13.0 Å². The van der Waals surface area contributed by atoms with Crippen LogP contribution in [0.1, 0.15) is 18.6 Å². The highest BCUT2D eigenvalue weighted by Gasteiger charge is 2.10. The van der Waals surface area contributed by atoms with E-state index in [0.29, 0.717) is 5.75 Å². The van der Waals surface area contributed by atoms with E-state index >= 15 is 0 Å². The summed E-state index contributed by atoms with van der Waals surface area (Å²) in [6.07, 6.45) is -0.502. The van der Waals surface area contributed by atoms with Crippen LogP contribution >= 0.6 is 15.9 Å². The number of aliphatic hydroxyl groups excluding tert-OH is 1. The molecule has 0 bridgehead atoms. The third-order valence-corrected chi connectivity index (χ3v) is 2.28. The maximum atomic E-state index is 9.36. The van der Waals surface area contributed by atoms with Crippen LogP contribution in [-0.2, 0) is 0 Å². The Morgan fingerprint density at radius 1 is 1.50 bits per heavy atom. The minimum absolute atomic E-state index is 0.502. The van der Waals surface area contributed by atoms with Crippen LogP contribution < -0.4 is 4.74 Å². The van der Waals surface area contributed by atoms with Crippen molar-refractivity contribution in [1.82, 2.24) is 0 Å². The van der Waals surface area contributed by atoms with Crippen molar-refractivity contribution in [2.75, 3.05) is 7.11 Å². The summed E-state index contributed by atoms with van der Waals surface area (Å²) >= 11 is 3.34. The van der Waals surface area contributed by atoms with Crippen molar-refractivity contribution in [2.24, 2.45) is 0 Å². The maximum Gasteiger partial charge on any atom is 0.138 e. The van der Waals surface area contributed by atoms with Crippen molar-refractivity contribution in [3.63, 3.8) is 0 Å². The molecule has 1 N–H and O–H groups in total. The second kappa shape index (κ2) is 3.92. The molecule has 1 aromatic carbocycles. The molecule has 1 aromatic rings. The summed E-state index contributed by atoms with van der Waals surface area (Å²) in [5, 5.41) is 9.36. The molecule has 0 amide bonds. The van der Waals surface area contributed by atoms with E-state index in [9.17, 15) is 5.11 Å². The van der Waals surface area contributed by atoms with E-state index in [1.54, 1.807) is 14.0 Å². The van der Waals surface area contributed by atoms with E-state index in [1.807, 2.05) is 18.2 Å². The Balaban J connectivity index is 3.18. The van der Waals surface area contributed by atoms with Crippen molar-refractivity contribution in [3.05, 3.63) is 28.2 Å². The fourth-order valence-corrected chi connectivity index (χ4v) is 1.61. The number of ether oxygens (including phenoxy) is 1. The molecule has 0 radical (unpaired) electrons. The van der Waals surface area contributed by atoms with E-state index in [2.05, 4.69) is 15.9 Å². The summed E-state index contributed by atoms with van der Waals surface area (Å²) in [7, 11) is 1.59. The highest BCUT2D eigenvalue weighted by Crippen LogP contribution is 2.32. The van der Waals surface area contributed by atoms with Crippen molar-refractivity contribution < 1.29 is 9.84 Å². The van der Waals surface area contributed by atoms with Gasteiger partial charge >= 0.3 is 0 Å². The first-order valence-electron chi connectivity index (χ1n) is 3.67. The largest absolute Gasteiger partial charge is 0.495 e. The molecule has 0 aliphatic carbocycles. The standard InChI is InChI=1S/C9H11BrO2/c1-6(11)7-4-3-5-8(10)9(7)12-2/h3-6,11H,1-2H3/t6-/m1/s1. The molecule has 0 spiro atoms. The van der Waals surface area contributed by atoms with Crippen LogP contribution in [-0.4, -0.2) is 12.2 Å². The second-order valence-corrected chi connectivity index (χ2v) is 3.39. The summed E-state index contributed by atoms with van der Waals surface area (Å²) in [6, 6.07) is 5.59. The molecule has 2 nitrogen and oxygen atoms in total. The Morgan fingerprint density at radius 2 is 2.17 bits per heavy atom. The molecule has 1 atom stereocenters. The van der Waals surface area contributed by atoms with E-state index in [-0.39, 0.29) is 0 Å². The van der Waals surface area contributed by atoms with Gasteiger partial charge in [-0.1, -0.05) is 12.1 Å². The zero-order chi connectivity index (χ0) is 9.14. The lowest BCUT2D eigenvalue weighted by Gasteiger charge is -2.11. The van der Waals surface area contributed by atoms with E-state index < -0.39 is 6.10 Å². The van der Waals surface area contributed by atoms with Gasteiger partial charge in [-0.25, -0.2) is 0 Å². The smallest absolute Gasteiger partial charge is 0.138 e. The molecule has 0 aromatic heterocycles. The first kappa shape index (κ1) is 9.55. The molecular weight excluding hydrogens is 220 g/mol. The fourth-order valence-electron chi connectivity index (χ4n) is 1.07. The van der Waals surface area contributed by atoms with Gasteiger partial charge in [0.05, 0.1) is 17.7 Å². The number of hydrogen-bond acceptors (Lipinski definition) is 2. The summed E-state index contributed by atoms with van der Waals surface area (Å²) in [5.74, 6) is 0.701. The number of halogens is 1. The van der Waals surface area contributed by atoms with Gasteiger partial charge in [0.25, 0.3) is 0 Å². The predicted molar refractivity (Wildman–Crippen MR) is 51.3 cm³/mol. The molecule has 12 heavy (non-hydrogen) atoms. The van der Waals surface area contributed by atoms with Gasteiger partial charge in [-0.05, 0) is 28.9 Å². The molecule has 1 rings (SSSR count). The zero-order valence-electron chi connectivity index (χ0n) is 7.04. The summed E-state index contributed by atoms with van der Waals surface area (Å²) < 4.78 is 5.99. The van der Waals surface area contributed by atoms with E-state index in [1.165, 1.54) is 0 Å². The van der Waals surface area contributed by atoms with Crippen LogP contribution in [0.4, 0.5) is 0 Å². The Labute approximate surface area is 80.3 Å². The lowest BCUT2D eigenvalue weighted by atomic mass is 10.1. The molecule has 0 aliphatic rings. The molecule has 0 saturated heterocycles.